The number of hydrogen-bond donors (Lipinski definition) is 0. The number of furan rings is 1. The molecule has 1 fully saturated rings. The van der Waals surface area contributed by atoms with Crippen LogP contribution in [0.1, 0.15) is 129 Å². The standard InChI is InChI=1S/C28H44N2O2/c1-10-16-30(28(8,9)11-2)25(31)23-18-22-24(32-23)20(26(3,4)5)17-21(29-22)19-12-14-27(6,7)15-13-19/h17-19H,10-16H2,1-9H3. The lowest BCUT2D eigenvalue weighted by atomic mass is 9.72. The van der Waals surface area contributed by atoms with Crippen molar-refractivity contribution < 1.29 is 9.21 Å². The predicted molar refractivity (Wildman–Crippen MR) is 133 cm³/mol. The lowest BCUT2D eigenvalue weighted by molar-refractivity contribution is 0.0509. The molecular formula is C28H44N2O2. The lowest BCUT2D eigenvalue weighted by Crippen LogP contribution is -2.47. The number of hydrogen-bond acceptors (Lipinski definition) is 3. The summed E-state index contributed by atoms with van der Waals surface area (Å²) in [6.07, 6.45) is 6.63. The topological polar surface area (TPSA) is 46.3 Å². The number of rotatable bonds is 6. The molecule has 0 spiro atoms. The molecular weight excluding hydrogens is 396 g/mol. The van der Waals surface area contributed by atoms with Crippen molar-refractivity contribution in [3.63, 3.8) is 0 Å². The van der Waals surface area contributed by atoms with Crippen molar-refractivity contribution in [3.8, 4) is 0 Å². The maximum absolute atomic E-state index is 13.5. The minimum Gasteiger partial charge on any atom is -0.449 e. The average Bonchev–Trinajstić information content (AvgIpc) is 3.14. The van der Waals surface area contributed by atoms with E-state index in [1.165, 1.54) is 25.7 Å². The van der Waals surface area contributed by atoms with E-state index >= 15 is 0 Å². The molecule has 0 bridgehead atoms. The highest BCUT2D eigenvalue weighted by Crippen LogP contribution is 2.43. The molecule has 32 heavy (non-hydrogen) atoms. The van der Waals surface area contributed by atoms with Crippen molar-refractivity contribution in [1.82, 2.24) is 9.88 Å². The van der Waals surface area contributed by atoms with Crippen molar-refractivity contribution in [1.29, 1.82) is 0 Å². The van der Waals surface area contributed by atoms with E-state index < -0.39 is 0 Å². The van der Waals surface area contributed by atoms with Crippen LogP contribution in [0.5, 0.6) is 0 Å². The molecule has 1 saturated carbocycles. The molecule has 4 heteroatoms. The molecule has 0 aliphatic heterocycles. The van der Waals surface area contributed by atoms with Gasteiger partial charge in [-0.2, -0.15) is 0 Å². The Hall–Kier alpha value is -1.84. The second kappa shape index (κ2) is 8.83. The van der Waals surface area contributed by atoms with Gasteiger partial charge in [-0.25, -0.2) is 4.98 Å². The van der Waals surface area contributed by atoms with Gasteiger partial charge in [-0.3, -0.25) is 4.79 Å². The van der Waals surface area contributed by atoms with Gasteiger partial charge in [-0.1, -0.05) is 48.5 Å². The Kier molecular flexibility index (Phi) is 6.85. The molecule has 0 unspecified atom stereocenters. The first kappa shape index (κ1) is 24.8. The van der Waals surface area contributed by atoms with E-state index in [0.717, 1.165) is 41.7 Å². The summed E-state index contributed by atoms with van der Waals surface area (Å²) in [6.45, 7) is 20.6. The molecule has 0 atom stereocenters. The minimum atomic E-state index is -0.216. The molecule has 0 radical (unpaired) electrons. The Bertz CT molecular complexity index is 952. The summed E-state index contributed by atoms with van der Waals surface area (Å²) in [7, 11) is 0. The van der Waals surface area contributed by atoms with Crippen LogP contribution in [0, 0.1) is 5.41 Å². The zero-order chi connectivity index (χ0) is 23.9. The highest BCUT2D eigenvalue weighted by Gasteiger charge is 2.33. The molecule has 1 aliphatic carbocycles. The van der Waals surface area contributed by atoms with Crippen molar-refractivity contribution in [2.45, 2.75) is 118 Å². The smallest absolute Gasteiger partial charge is 0.290 e. The minimum absolute atomic E-state index is 0.0301. The number of carbonyl (C=O) groups is 1. The first-order valence-electron chi connectivity index (χ1n) is 12.6. The Labute approximate surface area is 195 Å². The Morgan fingerprint density at radius 2 is 1.75 bits per heavy atom. The van der Waals surface area contributed by atoms with Crippen molar-refractivity contribution in [2.75, 3.05) is 6.54 Å². The average molecular weight is 441 g/mol. The van der Waals surface area contributed by atoms with Gasteiger partial charge in [0.15, 0.2) is 11.3 Å². The summed E-state index contributed by atoms with van der Waals surface area (Å²) in [5, 5.41) is 0. The third kappa shape index (κ3) is 5.05. The number of carbonyl (C=O) groups excluding carboxylic acids is 1. The van der Waals surface area contributed by atoms with Gasteiger partial charge in [0, 0.05) is 35.3 Å². The second-order valence-electron chi connectivity index (χ2n) is 12.2. The van der Waals surface area contributed by atoms with E-state index in [4.69, 9.17) is 9.40 Å². The van der Waals surface area contributed by atoms with E-state index in [1.807, 2.05) is 11.0 Å². The van der Waals surface area contributed by atoms with Crippen LogP contribution in [0.3, 0.4) is 0 Å². The highest BCUT2D eigenvalue weighted by molar-refractivity contribution is 5.96. The Morgan fingerprint density at radius 1 is 1.12 bits per heavy atom. The van der Waals surface area contributed by atoms with Crippen LogP contribution in [0.2, 0.25) is 0 Å². The quantitative estimate of drug-likeness (QED) is 0.459. The molecule has 0 N–H and O–H groups in total. The fraction of sp³-hybridized carbons (Fsp3) is 0.714. The van der Waals surface area contributed by atoms with Crippen LogP contribution in [0.15, 0.2) is 16.5 Å². The number of pyridine rings is 1. The van der Waals surface area contributed by atoms with Gasteiger partial charge in [0.25, 0.3) is 5.91 Å². The summed E-state index contributed by atoms with van der Waals surface area (Å²) in [4.78, 5) is 20.5. The van der Waals surface area contributed by atoms with E-state index in [1.54, 1.807) is 0 Å². The first-order chi connectivity index (χ1) is 14.8. The molecule has 2 aromatic rings. The molecule has 1 amide bonds. The van der Waals surface area contributed by atoms with Crippen LogP contribution < -0.4 is 0 Å². The molecule has 1 aliphatic rings. The fourth-order valence-electron chi connectivity index (χ4n) is 4.84. The molecule has 2 heterocycles. The maximum atomic E-state index is 13.5. The first-order valence-corrected chi connectivity index (χ1v) is 12.6. The van der Waals surface area contributed by atoms with Gasteiger partial charge in [0.1, 0.15) is 5.52 Å². The molecule has 0 aromatic carbocycles. The summed E-state index contributed by atoms with van der Waals surface area (Å²) in [5.41, 5.74) is 4.03. The van der Waals surface area contributed by atoms with E-state index in [-0.39, 0.29) is 16.9 Å². The number of nitrogens with zero attached hydrogens (tertiary/aromatic N) is 2. The predicted octanol–water partition coefficient (Wildman–Crippen LogP) is 7.85. The van der Waals surface area contributed by atoms with Crippen LogP contribution in [0.25, 0.3) is 11.1 Å². The molecule has 4 nitrogen and oxygen atoms in total. The Morgan fingerprint density at radius 3 is 2.28 bits per heavy atom. The van der Waals surface area contributed by atoms with Gasteiger partial charge in [0.2, 0.25) is 0 Å². The van der Waals surface area contributed by atoms with Gasteiger partial charge in [-0.05, 0) is 69.3 Å². The molecule has 2 aromatic heterocycles. The summed E-state index contributed by atoms with van der Waals surface area (Å²) >= 11 is 0. The van der Waals surface area contributed by atoms with Crippen LogP contribution >= 0.6 is 0 Å². The summed E-state index contributed by atoms with van der Waals surface area (Å²) in [5.74, 6) is 0.866. The SMILES string of the molecule is CCCN(C(=O)c1cc2nc(C3CCC(C)(C)CC3)cc(C(C)(C)C)c2o1)C(C)(C)CC. The van der Waals surface area contributed by atoms with Gasteiger partial charge < -0.3 is 9.32 Å². The van der Waals surface area contributed by atoms with E-state index in [0.29, 0.717) is 17.1 Å². The maximum Gasteiger partial charge on any atom is 0.290 e. The monoisotopic (exact) mass is 440 g/mol. The number of aromatic nitrogens is 1. The third-order valence-corrected chi connectivity index (χ3v) is 7.56. The normalized spacial score (nSPS) is 17.7. The zero-order valence-corrected chi connectivity index (χ0v) is 21.9. The van der Waals surface area contributed by atoms with Gasteiger partial charge in [0.05, 0.1) is 0 Å². The van der Waals surface area contributed by atoms with Crippen molar-refractivity contribution >= 4 is 17.0 Å². The lowest BCUT2D eigenvalue weighted by Gasteiger charge is -2.37. The van der Waals surface area contributed by atoms with Crippen molar-refractivity contribution in [2.24, 2.45) is 5.41 Å². The zero-order valence-electron chi connectivity index (χ0n) is 21.9. The van der Waals surface area contributed by atoms with Crippen LogP contribution in [0.4, 0.5) is 0 Å². The second-order valence-corrected chi connectivity index (χ2v) is 12.2. The van der Waals surface area contributed by atoms with E-state index in [2.05, 4.69) is 68.4 Å². The fourth-order valence-corrected chi connectivity index (χ4v) is 4.84. The summed E-state index contributed by atoms with van der Waals surface area (Å²) in [6, 6.07) is 4.14. The van der Waals surface area contributed by atoms with Crippen LogP contribution in [-0.2, 0) is 5.41 Å². The third-order valence-electron chi connectivity index (χ3n) is 7.56. The largest absolute Gasteiger partial charge is 0.449 e. The van der Waals surface area contributed by atoms with Crippen molar-refractivity contribution in [3.05, 3.63) is 29.2 Å². The molecule has 0 saturated heterocycles. The number of fused-ring (bicyclic) bond motifs is 1. The molecule has 178 valence electrons. The van der Waals surface area contributed by atoms with Crippen LogP contribution in [-0.4, -0.2) is 27.9 Å². The van der Waals surface area contributed by atoms with Gasteiger partial charge in [-0.15, -0.1) is 0 Å². The summed E-state index contributed by atoms with van der Waals surface area (Å²) < 4.78 is 6.28. The molecule has 3 rings (SSSR count). The highest BCUT2D eigenvalue weighted by atomic mass is 16.3. The Balaban J connectivity index is 2.05. The number of amides is 1. The van der Waals surface area contributed by atoms with Gasteiger partial charge >= 0.3 is 0 Å². The van der Waals surface area contributed by atoms with E-state index in [9.17, 15) is 4.79 Å².